The van der Waals surface area contributed by atoms with Gasteiger partial charge in [0.25, 0.3) is 5.91 Å². The molecular weight excluding hydrogens is 318 g/mol. The van der Waals surface area contributed by atoms with Crippen LogP contribution in [-0.2, 0) is 16.1 Å². The van der Waals surface area contributed by atoms with Crippen molar-refractivity contribution in [2.45, 2.75) is 32.9 Å². The maximum atomic E-state index is 12.1. The number of nitrogens with one attached hydrogen (secondary N) is 1. The van der Waals surface area contributed by atoms with Crippen LogP contribution in [0.25, 0.3) is 0 Å². The van der Waals surface area contributed by atoms with Crippen molar-refractivity contribution in [1.82, 2.24) is 5.32 Å². The largest absolute Gasteiger partial charge is 0.489 e. The Balaban J connectivity index is 1.87. The highest BCUT2D eigenvalue weighted by atomic mass is 16.5. The van der Waals surface area contributed by atoms with E-state index >= 15 is 0 Å². The zero-order valence-corrected chi connectivity index (χ0v) is 14.5. The minimum Gasteiger partial charge on any atom is -0.489 e. The molecule has 2 aromatic carbocycles. The van der Waals surface area contributed by atoms with Gasteiger partial charge in [0.05, 0.1) is 5.56 Å². The van der Waals surface area contributed by atoms with Gasteiger partial charge in [0.1, 0.15) is 12.4 Å². The first-order valence-corrected chi connectivity index (χ1v) is 8.31. The molecule has 0 radical (unpaired) electrons. The summed E-state index contributed by atoms with van der Waals surface area (Å²) in [5.74, 6) is -0.286. The first-order valence-electron chi connectivity index (χ1n) is 8.31. The predicted octanol–water partition coefficient (Wildman–Crippen LogP) is 3.34. The summed E-state index contributed by atoms with van der Waals surface area (Å²) < 4.78 is 10.7. The van der Waals surface area contributed by atoms with E-state index in [1.165, 1.54) is 0 Å². The van der Waals surface area contributed by atoms with Crippen LogP contribution in [0.1, 0.15) is 36.2 Å². The normalized spacial score (nSPS) is 11.4. The minimum atomic E-state index is -0.551. The lowest BCUT2D eigenvalue weighted by atomic mass is 10.2. The van der Waals surface area contributed by atoms with Crippen molar-refractivity contribution in [2.24, 2.45) is 0 Å². The molecule has 0 saturated heterocycles. The monoisotopic (exact) mass is 341 g/mol. The Kier molecular flexibility index (Phi) is 7.01. The van der Waals surface area contributed by atoms with Gasteiger partial charge < -0.3 is 14.8 Å². The van der Waals surface area contributed by atoms with Crippen LogP contribution >= 0.6 is 0 Å². The topological polar surface area (TPSA) is 64.6 Å². The molecule has 0 fully saturated rings. The first-order chi connectivity index (χ1) is 12.1. The molecule has 0 spiro atoms. The van der Waals surface area contributed by atoms with Gasteiger partial charge in [-0.15, -0.1) is 0 Å². The molecule has 5 nitrogen and oxygen atoms in total. The standard InChI is InChI=1S/C20H23NO4/c1-3-15(2)21-19(22)14-25-20(23)17-10-7-11-18(12-17)24-13-16-8-5-4-6-9-16/h4-12,15H,3,13-14H2,1-2H3,(H,21,22). The number of amides is 1. The molecule has 2 rings (SSSR count). The zero-order chi connectivity index (χ0) is 18.1. The molecule has 5 heteroatoms. The molecule has 1 unspecified atom stereocenters. The van der Waals surface area contributed by atoms with E-state index in [0.717, 1.165) is 12.0 Å². The fourth-order valence-electron chi connectivity index (χ4n) is 2.09. The van der Waals surface area contributed by atoms with Gasteiger partial charge in [-0.3, -0.25) is 4.79 Å². The van der Waals surface area contributed by atoms with Crippen LogP contribution in [0.15, 0.2) is 54.6 Å². The van der Waals surface area contributed by atoms with Gasteiger partial charge in [0, 0.05) is 6.04 Å². The van der Waals surface area contributed by atoms with E-state index in [2.05, 4.69) is 5.32 Å². The summed E-state index contributed by atoms with van der Waals surface area (Å²) in [6, 6.07) is 16.5. The van der Waals surface area contributed by atoms with Crippen molar-refractivity contribution >= 4 is 11.9 Å². The molecule has 132 valence electrons. The molecule has 2 aromatic rings. The Hall–Kier alpha value is -2.82. The minimum absolute atomic E-state index is 0.0564. The predicted molar refractivity (Wildman–Crippen MR) is 95.4 cm³/mol. The van der Waals surface area contributed by atoms with Crippen LogP contribution in [-0.4, -0.2) is 24.5 Å². The van der Waals surface area contributed by atoms with Crippen LogP contribution in [0.5, 0.6) is 5.75 Å². The fourth-order valence-corrected chi connectivity index (χ4v) is 2.09. The van der Waals surface area contributed by atoms with E-state index in [1.54, 1.807) is 24.3 Å². The molecule has 0 aliphatic rings. The van der Waals surface area contributed by atoms with Crippen LogP contribution in [0.2, 0.25) is 0 Å². The molecule has 0 aliphatic carbocycles. The second-order valence-electron chi connectivity index (χ2n) is 5.76. The second-order valence-corrected chi connectivity index (χ2v) is 5.76. The Labute approximate surface area is 148 Å². The number of hydrogen-bond acceptors (Lipinski definition) is 4. The highest BCUT2D eigenvalue weighted by Gasteiger charge is 2.12. The summed E-state index contributed by atoms with van der Waals surface area (Å²) in [6.45, 7) is 3.99. The van der Waals surface area contributed by atoms with Crippen molar-refractivity contribution in [3.05, 3.63) is 65.7 Å². The number of hydrogen-bond donors (Lipinski definition) is 1. The van der Waals surface area contributed by atoms with E-state index in [4.69, 9.17) is 9.47 Å². The average Bonchev–Trinajstić information content (AvgIpc) is 2.65. The van der Waals surface area contributed by atoms with Gasteiger partial charge in [-0.25, -0.2) is 4.79 Å². The number of esters is 1. The quantitative estimate of drug-likeness (QED) is 0.748. The highest BCUT2D eigenvalue weighted by molar-refractivity contribution is 5.91. The van der Waals surface area contributed by atoms with E-state index in [0.29, 0.717) is 17.9 Å². The maximum Gasteiger partial charge on any atom is 0.338 e. The van der Waals surface area contributed by atoms with E-state index in [-0.39, 0.29) is 18.6 Å². The smallest absolute Gasteiger partial charge is 0.338 e. The average molecular weight is 341 g/mol. The van der Waals surface area contributed by atoms with Crippen LogP contribution in [0, 0.1) is 0 Å². The van der Waals surface area contributed by atoms with Crippen molar-refractivity contribution < 1.29 is 19.1 Å². The lowest BCUT2D eigenvalue weighted by Crippen LogP contribution is -2.35. The molecule has 0 saturated carbocycles. The third-order valence-electron chi connectivity index (χ3n) is 3.67. The molecule has 0 aliphatic heterocycles. The van der Waals surface area contributed by atoms with Gasteiger partial charge in [0.15, 0.2) is 6.61 Å². The summed E-state index contributed by atoms with van der Waals surface area (Å²) in [5, 5.41) is 2.75. The Bertz CT molecular complexity index is 700. The maximum absolute atomic E-state index is 12.1. The van der Waals surface area contributed by atoms with Crippen molar-refractivity contribution in [2.75, 3.05) is 6.61 Å². The lowest BCUT2D eigenvalue weighted by molar-refractivity contribution is -0.124. The molecular formula is C20H23NO4. The number of carbonyl (C=O) groups is 2. The molecule has 1 N–H and O–H groups in total. The van der Waals surface area contributed by atoms with E-state index in [1.807, 2.05) is 44.2 Å². The Morgan fingerprint density at radius 3 is 2.56 bits per heavy atom. The highest BCUT2D eigenvalue weighted by Crippen LogP contribution is 2.16. The number of ether oxygens (including phenoxy) is 2. The van der Waals surface area contributed by atoms with Crippen molar-refractivity contribution in [1.29, 1.82) is 0 Å². The Morgan fingerprint density at radius 2 is 1.84 bits per heavy atom. The van der Waals surface area contributed by atoms with Crippen LogP contribution in [0.4, 0.5) is 0 Å². The SMILES string of the molecule is CCC(C)NC(=O)COC(=O)c1cccc(OCc2ccccc2)c1. The zero-order valence-electron chi connectivity index (χ0n) is 14.5. The molecule has 0 aromatic heterocycles. The van der Waals surface area contributed by atoms with Gasteiger partial charge in [-0.05, 0) is 37.1 Å². The van der Waals surface area contributed by atoms with Gasteiger partial charge in [-0.2, -0.15) is 0 Å². The van der Waals surface area contributed by atoms with Crippen molar-refractivity contribution in [3.63, 3.8) is 0 Å². The number of rotatable bonds is 8. The van der Waals surface area contributed by atoms with E-state index < -0.39 is 5.97 Å². The number of carbonyl (C=O) groups excluding carboxylic acids is 2. The van der Waals surface area contributed by atoms with Gasteiger partial charge >= 0.3 is 5.97 Å². The van der Waals surface area contributed by atoms with Crippen LogP contribution < -0.4 is 10.1 Å². The summed E-state index contributed by atoms with van der Waals surface area (Å²) in [5.41, 5.74) is 1.39. The van der Waals surface area contributed by atoms with Gasteiger partial charge in [-0.1, -0.05) is 43.3 Å². The third kappa shape index (κ3) is 6.30. The Morgan fingerprint density at radius 1 is 1.08 bits per heavy atom. The molecule has 0 bridgehead atoms. The summed E-state index contributed by atoms with van der Waals surface area (Å²) >= 11 is 0. The first kappa shape index (κ1) is 18.5. The summed E-state index contributed by atoms with van der Waals surface area (Å²) in [6.07, 6.45) is 0.820. The second kappa shape index (κ2) is 9.47. The molecule has 1 amide bonds. The van der Waals surface area contributed by atoms with Gasteiger partial charge in [0.2, 0.25) is 0 Å². The van der Waals surface area contributed by atoms with Crippen molar-refractivity contribution in [3.8, 4) is 5.75 Å². The van der Waals surface area contributed by atoms with E-state index in [9.17, 15) is 9.59 Å². The third-order valence-corrected chi connectivity index (χ3v) is 3.67. The fraction of sp³-hybridized carbons (Fsp3) is 0.300. The molecule has 0 heterocycles. The number of benzene rings is 2. The summed E-state index contributed by atoms with van der Waals surface area (Å²) in [7, 11) is 0. The molecule has 1 atom stereocenters. The van der Waals surface area contributed by atoms with Crippen LogP contribution in [0.3, 0.4) is 0 Å². The molecule has 25 heavy (non-hydrogen) atoms. The lowest BCUT2D eigenvalue weighted by Gasteiger charge is -2.12. The summed E-state index contributed by atoms with van der Waals surface area (Å²) in [4.78, 5) is 23.7.